The van der Waals surface area contributed by atoms with Crippen molar-refractivity contribution in [3.63, 3.8) is 0 Å². The van der Waals surface area contributed by atoms with Gasteiger partial charge in [-0.15, -0.1) is 0 Å². The van der Waals surface area contributed by atoms with Crippen LogP contribution in [-0.4, -0.2) is 42.4 Å². The molecule has 0 saturated carbocycles. The molecule has 12 heavy (non-hydrogen) atoms. The topological polar surface area (TPSA) is 66.8 Å². The van der Waals surface area contributed by atoms with Crippen molar-refractivity contribution >= 4 is 6.29 Å². The lowest BCUT2D eigenvalue weighted by molar-refractivity contribution is -0.108. The lowest BCUT2D eigenvalue weighted by Crippen LogP contribution is -2.19. The zero-order valence-corrected chi connectivity index (χ0v) is 7.11. The van der Waals surface area contributed by atoms with Crippen molar-refractivity contribution in [2.45, 2.75) is 25.4 Å². The standard InChI is InChI=1S/C8H16O4/c9-4-2-1-3-5-12-7-8(11)6-10/h4,8,10-11H,1-3,5-7H2. The van der Waals surface area contributed by atoms with Crippen LogP contribution in [0, 0.1) is 0 Å². The molecule has 0 rings (SSSR count). The Morgan fingerprint density at radius 3 is 2.75 bits per heavy atom. The third kappa shape index (κ3) is 7.65. The van der Waals surface area contributed by atoms with Crippen molar-refractivity contribution in [1.82, 2.24) is 0 Å². The van der Waals surface area contributed by atoms with E-state index in [0.29, 0.717) is 13.0 Å². The summed E-state index contributed by atoms with van der Waals surface area (Å²) in [5.74, 6) is 0. The van der Waals surface area contributed by atoms with Crippen LogP contribution in [0.4, 0.5) is 0 Å². The van der Waals surface area contributed by atoms with Gasteiger partial charge < -0.3 is 19.7 Å². The summed E-state index contributed by atoms with van der Waals surface area (Å²) >= 11 is 0. The number of aldehydes is 1. The minimum Gasteiger partial charge on any atom is -0.394 e. The molecule has 4 nitrogen and oxygen atoms in total. The number of carbonyl (C=O) groups is 1. The summed E-state index contributed by atoms with van der Waals surface area (Å²) in [4.78, 5) is 9.88. The summed E-state index contributed by atoms with van der Waals surface area (Å²) in [5, 5.41) is 17.2. The van der Waals surface area contributed by atoms with Gasteiger partial charge in [-0.2, -0.15) is 0 Å². The second-order valence-corrected chi connectivity index (χ2v) is 2.57. The molecule has 72 valence electrons. The van der Waals surface area contributed by atoms with E-state index in [0.717, 1.165) is 19.1 Å². The fourth-order valence-corrected chi connectivity index (χ4v) is 0.704. The van der Waals surface area contributed by atoms with Crippen molar-refractivity contribution < 1.29 is 19.7 Å². The minimum absolute atomic E-state index is 0.164. The quantitative estimate of drug-likeness (QED) is 0.394. The second-order valence-electron chi connectivity index (χ2n) is 2.57. The predicted molar refractivity (Wildman–Crippen MR) is 43.8 cm³/mol. The zero-order valence-electron chi connectivity index (χ0n) is 7.11. The molecule has 1 unspecified atom stereocenters. The van der Waals surface area contributed by atoms with Crippen molar-refractivity contribution in [3.8, 4) is 0 Å². The summed E-state index contributed by atoms with van der Waals surface area (Å²) in [5.41, 5.74) is 0. The van der Waals surface area contributed by atoms with Crippen LogP contribution < -0.4 is 0 Å². The lowest BCUT2D eigenvalue weighted by atomic mass is 10.3. The largest absolute Gasteiger partial charge is 0.394 e. The summed E-state index contributed by atoms with van der Waals surface area (Å²) < 4.78 is 5.01. The molecule has 1 atom stereocenters. The molecule has 0 aromatic carbocycles. The highest BCUT2D eigenvalue weighted by Gasteiger charge is 2.00. The SMILES string of the molecule is O=CCCCCOCC(O)CO. The van der Waals surface area contributed by atoms with E-state index in [1.165, 1.54) is 0 Å². The molecule has 0 saturated heterocycles. The Hall–Kier alpha value is -0.450. The predicted octanol–water partition coefficient (Wildman–Crippen LogP) is -0.275. The first-order valence-electron chi connectivity index (χ1n) is 4.11. The first kappa shape index (κ1) is 11.6. The van der Waals surface area contributed by atoms with Crippen molar-refractivity contribution in [1.29, 1.82) is 0 Å². The summed E-state index contributed by atoms with van der Waals surface area (Å²) in [6.45, 7) is 0.427. The van der Waals surface area contributed by atoms with Crippen LogP contribution in [0.1, 0.15) is 19.3 Å². The highest BCUT2D eigenvalue weighted by Crippen LogP contribution is 1.93. The Kier molecular flexibility index (Phi) is 8.32. The van der Waals surface area contributed by atoms with Crippen molar-refractivity contribution in [3.05, 3.63) is 0 Å². The second kappa shape index (κ2) is 8.64. The first-order valence-corrected chi connectivity index (χ1v) is 4.11. The van der Waals surface area contributed by atoms with Gasteiger partial charge in [0, 0.05) is 13.0 Å². The van der Waals surface area contributed by atoms with E-state index in [4.69, 9.17) is 14.9 Å². The monoisotopic (exact) mass is 176 g/mol. The molecule has 4 heteroatoms. The third-order valence-corrected chi connectivity index (χ3v) is 1.38. The Bertz CT molecular complexity index is 105. The maximum Gasteiger partial charge on any atom is 0.119 e. The third-order valence-electron chi connectivity index (χ3n) is 1.38. The van der Waals surface area contributed by atoms with Gasteiger partial charge in [0.25, 0.3) is 0 Å². The van der Waals surface area contributed by atoms with Crippen LogP contribution in [-0.2, 0) is 9.53 Å². The van der Waals surface area contributed by atoms with Crippen molar-refractivity contribution in [2.24, 2.45) is 0 Å². The summed E-state index contributed by atoms with van der Waals surface area (Å²) in [6.07, 6.45) is 2.29. The molecule has 0 amide bonds. The molecule has 0 bridgehead atoms. The molecule has 2 N–H and O–H groups in total. The van der Waals surface area contributed by atoms with Crippen LogP contribution in [0.15, 0.2) is 0 Å². The Morgan fingerprint density at radius 1 is 1.42 bits per heavy atom. The van der Waals surface area contributed by atoms with Gasteiger partial charge in [0.05, 0.1) is 13.2 Å². The number of hydrogen-bond donors (Lipinski definition) is 2. The van der Waals surface area contributed by atoms with Gasteiger partial charge in [0.1, 0.15) is 12.4 Å². The highest BCUT2D eigenvalue weighted by molar-refractivity contribution is 5.48. The summed E-state index contributed by atoms with van der Waals surface area (Å²) in [6, 6.07) is 0. The Labute approximate surface area is 72.2 Å². The van der Waals surface area contributed by atoms with E-state index in [9.17, 15) is 4.79 Å². The minimum atomic E-state index is -0.781. The molecule has 0 aliphatic rings. The van der Waals surface area contributed by atoms with E-state index in [-0.39, 0.29) is 13.2 Å². The molecule has 0 heterocycles. The molecule has 0 aliphatic heterocycles. The van der Waals surface area contributed by atoms with Crippen LogP contribution in [0.3, 0.4) is 0 Å². The molecule has 0 aromatic rings. The zero-order chi connectivity index (χ0) is 9.23. The van der Waals surface area contributed by atoms with Gasteiger partial charge in [-0.05, 0) is 12.8 Å². The molecular formula is C8H16O4. The number of aliphatic hydroxyl groups excluding tert-OH is 2. The first-order chi connectivity index (χ1) is 5.81. The number of unbranched alkanes of at least 4 members (excludes halogenated alkanes) is 2. The van der Waals surface area contributed by atoms with E-state index < -0.39 is 6.10 Å². The fourth-order valence-electron chi connectivity index (χ4n) is 0.704. The van der Waals surface area contributed by atoms with Gasteiger partial charge in [-0.25, -0.2) is 0 Å². The van der Waals surface area contributed by atoms with Gasteiger partial charge >= 0.3 is 0 Å². The molecule has 0 aliphatic carbocycles. The number of carbonyl (C=O) groups excluding carboxylic acids is 1. The van der Waals surface area contributed by atoms with Crippen LogP contribution in [0.5, 0.6) is 0 Å². The van der Waals surface area contributed by atoms with Gasteiger partial charge in [0.2, 0.25) is 0 Å². The molecule has 0 spiro atoms. The van der Waals surface area contributed by atoms with Crippen LogP contribution in [0.2, 0.25) is 0 Å². The van der Waals surface area contributed by atoms with Crippen LogP contribution in [0.25, 0.3) is 0 Å². The van der Waals surface area contributed by atoms with E-state index >= 15 is 0 Å². The Morgan fingerprint density at radius 2 is 2.17 bits per heavy atom. The smallest absolute Gasteiger partial charge is 0.119 e. The fraction of sp³-hybridized carbons (Fsp3) is 0.875. The maximum absolute atomic E-state index is 9.88. The van der Waals surface area contributed by atoms with Gasteiger partial charge in [-0.1, -0.05) is 0 Å². The van der Waals surface area contributed by atoms with Crippen molar-refractivity contribution in [2.75, 3.05) is 19.8 Å². The normalized spacial score (nSPS) is 12.8. The van der Waals surface area contributed by atoms with E-state index in [1.54, 1.807) is 0 Å². The van der Waals surface area contributed by atoms with Gasteiger partial charge in [0.15, 0.2) is 0 Å². The molecule has 0 fully saturated rings. The van der Waals surface area contributed by atoms with E-state index in [2.05, 4.69) is 0 Å². The van der Waals surface area contributed by atoms with Gasteiger partial charge in [-0.3, -0.25) is 0 Å². The Balaban J connectivity index is 2.95. The number of ether oxygens (including phenoxy) is 1. The average molecular weight is 176 g/mol. The maximum atomic E-state index is 9.88. The lowest BCUT2D eigenvalue weighted by Gasteiger charge is -2.07. The molecule has 0 aromatic heterocycles. The van der Waals surface area contributed by atoms with E-state index in [1.807, 2.05) is 0 Å². The molecule has 0 radical (unpaired) electrons. The number of hydrogen-bond acceptors (Lipinski definition) is 4. The summed E-state index contributed by atoms with van der Waals surface area (Å²) in [7, 11) is 0. The molecular weight excluding hydrogens is 160 g/mol. The highest BCUT2D eigenvalue weighted by atomic mass is 16.5. The average Bonchev–Trinajstić information content (AvgIpc) is 2.10. The number of rotatable bonds is 8. The number of aliphatic hydroxyl groups is 2. The van der Waals surface area contributed by atoms with Crippen LogP contribution >= 0.6 is 0 Å².